The van der Waals surface area contributed by atoms with Gasteiger partial charge in [0.25, 0.3) is 11.7 Å². The Labute approximate surface area is 158 Å². The van der Waals surface area contributed by atoms with Crippen molar-refractivity contribution >= 4 is 12.0 Å². The van der Waals surface area contributed by atoms with E-state index in [4.69, 9.17) is 4.74 Å². The molecule has 1 aliphatic heterocycles. The van der Waals surface area contributed by atoms with Crippen LogP contribution in [-0.4, -0.2) is 40.9 Å². The average Bonchev–Trinajstić information content (AvgIpc) is 2.65. The van der Waals surface area contributed by atoms with E-state index in [0.717, 1.165) is 12.8 Å². The average molecular weight is 378 g/mol. The molecule has 0 bridgehead atoms. The van der Waals surface area contributed by atoms with Crippen molar-refractivity contribution in [2.45, 2.75) is 57.3 Å². The molecule has 148 valence electrons. The van der Waals surface area contributed by atoms with Crippen LogP contribution in [0.5, 0.6) is 0 Å². The summed E-state index contributed by atoms with van der Waals surface area (Å²) in [5.41, 5.74) is 0.563. The predicted octanol–water partition coefficient (Wildman–Crippen LogP) is 2.94. The number of alkyl carbamates (subject to hydrolysis) is 1. The van der Waals surface area contributed by atoms with Gasteiger partial charge >= 0.3 is 6.09 Å². The first-order chi connectivity index (χ1) is 13.0. The van der Waals surface area contributed by atoms with Crippen LogP contribution < -0.4 is 5.32 Å². The molecule has 2 aliphatic rings. The maximum absolute atomic E-state index is 13.2. The van der Waals surface area contributed by atoms with E-state index in [1.807, 2.05) is 0 Å². The number of aliphatic hydroxyl groups is 1. The molecular weight excluding hydrogens is 351 g/mol. The first-order valence-electron chi connectivity index (χ1n) is 9.69. The molecule has 1 heterocycles. The number of halogens is 1. The molecule has 3 rings (SSSR count). The van der Waals surface area contributed by atoms with Crippen molar-refractivity contribution in [1.82, 2.24) is 10.2 Å². The number of likely N-dealkylation sites (tertiary alicyclic amines) is 1. The quantitative estimate of drug-likeness (QED) is 0.772. The van der Waals surface area contributed by atoms with Gasteiger partial charge in [-0.2, -0.15) is 0 Å². The number of hydrogen-bond donors (Lipinski definition) is 2. The van der Waals surface area contributed by atoms with Crippen LogP contribution >= 0.6 is 0 Å². The van der Waals surface area contributed by atoms with E-state index in [2.05, 4.69) is 5.32 Å². The molecule has 0 spiro atoms. The fraction of sp³-hybridized carbons (Fsp3) is 0.600. The molecular formula is C20H27FN2O4. The second-order valence-electron chi connectivity index (χ2n) is 7.52. The molecule has 2 fully saturated rings. The number of rotatable bonds is 5. The molecule has 2 amide bonds. The maximum atomic E-state index is 13.2. The third kappa shape index (κ3) is 5.19. The Bertz CT molecular complexity index is 678. The van der Waals surface area contributed by atoms with Crippen molar-refractivity contribution in [3.05, 3.63) is 35.6 Å². The Morgan fingerprint density at radius 3 is 2.81 bits per heavy atom. The number of amides is 2. The minimum absolute atomic E-state index is 0.0483. The summed E-state index contributed by atoms with van der Waals surface area (Å²) in [7, 11) is 0. The Kier molecular flexibility index (Phi) is 6.31. The van der Waals surface area contributed by atoms with Crippen LogP contribution in [-0.2, 0) is 16.1 Å². The molecule has 1 saturated heterocycles. The van der Waals surface area contributed by atoms with Crippen molar-refractivity contribution in [2.24, 2.45) is 5.92 Å². The fourth-order valence-electron chi connectivity index (χ4n) is 3.93. The highest BCUT2D eigenvalue weighted by atomic mass is 19.1. The SMILES string of the molecule is O=C(NCc1cccc(F)c1)O[C@@]1(O)CCCN(CC2CCCCC2)C1=O. The van der Waals surface area contributed by atoms with E-state index < -0.39 is 23.6 Å². The molecule has 1 saturated carbocycles. The normalized spacial score (nSPS) is 23.9. The van der Waals surface area contributed by atoms with E-state index >= 15 is 0 Å². The highest BCUT2D eigenvalue weighted by Crippen LogP contribution is 2.29. The molecule has 0 aromatic heterocycles. The monoisotopic (exact) mass is 378 g/mol. The molecule has 6 nitrogen and oxygen atoms in total. The Hall–Kier alpha value is -2.15. The largest absolute Gasteiger partial charge is 0.410 e. The molecule has 1 aromatic rings. The number of piperidine rings is 1. The number of carbonyl (C=O) groups excluding carboxylic acids is 2. The van der Waals surface area contributed by atoms with Gasteiger partial charge in [0.1, 0.15) is 5.82 Å². The van der Waals surface area contributed by atoms with Gasteiger partial charge in [-0.05, 0) is 42.9 Å². The molecule has 2 N–H and O–H groups in total. The second-order valence-corrected chi connectivity index (χ2v) is 7.52. The molecule has 1 aliphatic carbocycles. The van der Waals surface area contributed by atoms with Crippen LogP contribution in [0.1, 0.15) is 50.5 Å². The fourth-order valence-corrected chi connectivity index (χ4v) is 3.93. The van der Waals surface area contributed by atoms with Crippen LogP contribution in [0.25, 0.3) is 0 Å². The summed E-state index contributed by atoms with van der Waals surface area (Å²) in [6.45, 7) is 1.23. The van der Waals surface area contributed by atoms with Crippen molar-refractivity contribution in [3.63, 3.8) is 0 Å². The van der Waals surface area contributed by atoms with E-state index in [1.165, 1.54) is 31.4 Å². The summed E-state index contributed by atoms with van der Waals surface area (Å²) >= 11 is 0. The zero-order valence-corrected chi connectivity index (χ0v) is 15.5. The van der Waals surface area contributed by atoms with Gasteiger partial charge in [-0.3, -0.25) is 4.79 Å². The first-order valence-corrected chi connectivity index (χ1v) is 9.69. The van der Waals surface area contributed by atoms with Crippen molar-refractivity contribution < 1.29 is 23.8 Å². The van der Waals surface area contributed by atoms with E-state index in [0.29, 0.717) is 31.0 Å². The lowest BCUT2D eigenvalue weighted by atomic mass is 9.88. The van der Waals surface area contributed by atoms with Gasteiger partial charge in [0.05, 0.1) is 0 Å². The van der Waals surface area contributed by atoms with Gasteiger partial charge in [0, 0.05) is 26.1 Å². The predicted molar refractivity (Wildman–Crippen MR) is 97.1 cm³/mol. The van der Waals surface area contributed by atoms with Crippen molar-refractivity contribution in [2.75, 3.05) is 13.1 Å². The van der Waals surface area contributed by atoms with Gasteiger partial charge in [-0.25, -0.2) is 9.18 Å². The lowest BCUT2D eigenvalue weighted by Gasteiger charge is -2.39. The lowest BCUT2D eigenvalue weighted by molar-refractivity contribution is -0.206. The number of nitrogens with one attached hydrogen (secondary N) is 1. The van der Waals surface area contributed by atoms with Crippen LogP contribution in [0.2, 0.25) is 0 Å². The zero-order valence-electron chi connectivity index (χ0n) is 15.5. The number of carbonyl (C=O) groups is 2. The van der Waals surface area contributed by atoms with Gasteiger partial charge in [-0.1, -0.05) is 31.4 Å². The number of benzene rings is 1. The highest BCUT2D eigenvalue weighted by molar-refractivity contribution is 5.86. The Balaban J connectivity index is 1.53. The van der Waals surface area contributed by atoms with Gasteiger partial charge < -0.3 is 20.1 Å². The second kappa shape index (κ2) is 8.69. The summed E-state index contributed by atoms with van der Waals surface area (Å²) in [6, 6.07) is 5.81. The minimum Gasteiger partial charge on any atom is -0.407 e. The number of hydrogen-bond acceptors (Lipinski definition) is 4. The van der Waals surface area contributed by atoms with Crippen molar-refractivity contribution in [1.29, 1.82) is 0 Å². The van der Waals surface area contributed by atoms with Crippen LogP contribution in [0, 0.1) is 11.7 Å². The maximum Gasteiger partial charge on any atom is 0.410 e. The molecule has 0 radical (unpaired) electrons. The minimum atomic E-state index is -2.13. The number of nitrogens with zero attached hydrogens (tertiary/aromatic N) is 1. The summed E-state index contributed by atoms with van der Waals surface area (Å²) < 4.78 is 18.3. The molecule has 27 heavy (non-hydrogen) atoms. The third-order valence-electron chi connectivity index (χ3n) is 5.36. The van der Waals surface area contributed by atoms with Crippen LogP contribution in [0.3, 0.4) is 0 Å². The Morgan fingerprint density at radius 1 is 1.30 bits per heavy atom. The third-order valence-corrected chi connectivity index (χ3v) is 5.36. The molecule has 0 unspecified atom stereocenters. The lowest BCUT2D eigenvalue weighted by Crippen LogP contribution is -2.57. The van der Waals surface area contributed by atoms with Crippen molar-refractivity contribution in [3.8, 4) is 0 Å². The summed E-state index contributed by atoms with van der Waals surface area (Å²) in [5.74, 6) is -2.62. The highest BCUT2D eigenvalue weighted by Gasteiger charge is 2.46. The smallest absolute Gasteiger partial charge is 0.407 e. The molecule has 1 aromatic carbocycles. The summed E-state index contributed by atoms with van der Waals surface area (Å²) in [5, 5.41) is 13.1. The molecule has 7 heteroatoms. The van der Waals surface area contributed by atoms with Gasteiger partial charge in [-0.15, -0.1) is 0 Å². The van der Waals surface area contributed by atoms with Gasteiger partial charge in [0.15, 0.2) is 0 Å². The van der Waals surface area contributed by atoms with E-state index in [1.54, 1.807) is 17.0 Å². The number of ether oxygens (including phenoxy) is 1. The topological polar surface area (TPSA) is 78.9 Å². The van der Waals surface area contributed by atoms with Gasteiger partial charge in [0.2, 0.25) is 0 Å². The van der Waals surface area contributed by atoms with E-state index in [9.17, 15) is 19.1 Å². The standard InChI is InChI=1S/C20H27FN2O4/c21-17-9-4-8-16(12-17)13-22-19(25)27-20(26)10-5-11-23(18(20)24)14-15-6-2-1-3-7-15/h4,8-9,12,15,26H,1-3,5-7,10-11,13-14H2,(H,22,25)/t20-/m0/s1. The first kappa shape index (κ1) is 19.6. The Morgan fingerprint density at radius 2 is 2.07 bits per heavy atom. The summed E-state index contributed by atoms with van der Waals surface area (Å²) in [4.78, 5) is 26.4. The molecule has 1 atom stereocenters. The zero-order chi connectivity index (χ0) is 19.3. The van der Waals surface area contributed by atoms with Crippen LogP contribution in [0.15, 0.2) is 24.3 Å². The van der Waals surface area contributed by atoms with E-state index in [-0.39, 0.29) is 13.0 Å². The summed E-state index contributed by atoms with van der Waals surface area (Å²) in [6.07, 6.45) is 5.55. The van der Waals surface area contributed by atoms with Crippen LogP contribution in [0.4, 0.5) is 9.18 Å².